The summed E-state index contributed by atoms with van der Waals surface area (Å²) in [6.45, 7) is 0. The summed E-state index contributed by atoms with van der Waals surface area (Å²) in [7, 11) is 0. The molecule has 0 atom stereocenters. The molecule has 2 nitrogen and oxygen atoms in total. The first-order valence-electron chi connectivity index (χ1n) is 7.75. The van der Waals surface area contributed by atoms with Crippen LogP contribution >= 0.6 is 0 Å². The van der Waals surface area contributed by atoms with Gasteiger partial charge in [0.25, 0.3) is 0 Å². The summed E-state index contributed by atoms with van der Waals surface area (Å²) in [6.07, 6.45) is -2.02. The van der Waals surface area contributed by atoms with Gasteiger partial charge in [-0.25, -0.2) is 13.8 Å². The van der Waals surface area contributed by atoms with Gasteiger partial charge >= 0.3 is 6.18 Å². The predicted octanol–water partition coefficient (Wildman–Crippen LogP) is 5.23. The molecule has 0 fully saturated rings. The Morgan fingerprint density at radius 2 is 1.54 bits per heavy atom. The second-order valence-corrected chi connectivity index (χ2v) is 5.72. The first kappa shape index (κ1) is 18.0. The average Bonchev–Trinajstić information content (AvgIpc) is 2.60. The van der Waals surface area contributed by atoms with Gasteiger partial charge in [-0.05, 0) is 48.2 Å². The topological polar surface area (TPSA) is 25.8 Å². The molecule has 0 aliphatic heterocycles. The Morgan fingerprint density at radius 3 is 2.19 bits per heavy atom. The Morgan fingerprint density at radius 1 is 0.808 bits per heavy atom. The maximum Gasteiger partial charge on any atom is 0.433 e. The minimum atomic E-state index is -4.64. The smallest absolute Gasteiger partial charge is 0.261 e. The Bertz CT molecular complexity index is 905. The Hall–Kier alpha value is -2.83. The fourth-order valence-electron chi connectivity index (χ4n) is 2.58. The van der Waals surface area contributed by atoms with E-state index in [1.54, 1.807) is 0 Å². The summed E-state index contributed by atoms with van der Waals surface area (Å²) in [6, 6.07) is 9.40. The molecule has 2 heterocycles. The number of rotatable bonds is 4. The Balaban J connectivity index is 1.91. The number of aromatic nitrogens is 2. The van der Waals surface area contributed by atoms with Crippen molar-refractivity contribution in [2.75, 3.05) is 0 Å². The van der Waals surface area contributed by atoms with Crippen LogP contribution in [0.1, 0.15) is 16.8 Å². The summed E-state index contributed by atoms with van der Waals surface area (Å²) in [4.78, 5) is 7.32. The molecule has 0 spiro atoms. The molecule has 0 bridgehead atoms. The van der Waals surface area contributed by atoms with E-state index in [1.165, 1.54) is 42.6 Å². The van der Waals surface area contributed by atoms with Gasteiger partial charge in [0.05, 0.1) is 11.9 Å². The molecule has 0 unspecified atom stereocenters. The van der Waals surface area contributed by atoms with Crippen LogP contribution in [0.4, 0.5) is 22.0 Å². The van der Waals surface area contributed by atoms with Gasteiger partial charge in [0.1, 0.15) is 17.3 Å². The van der Waals surface area contributed by atoms with E-state index < -0.39 is 23.5 Å². The fourth-order valence-corrected chi connectivity index (χ4v) is 2.58. The minimum absolute atomic E-state index is 0.00476. The summed E-state index contributed by atoms with van der Waals surface area (Å²) in [5.74, 6) is -1.06. The monoisotopic (exact) mass is 364 g/mol. The molecule has 0 N–H and O–H groups in total. The summed E-state index contributed by atoms with van der Waals surface area (Å²) >= 11 is 0. The van der Waals surface area contributed by atoms with E-state index in [2.05, 4.69) is 9.97 Å². The lowest BCUT2D eigenvalue weighted by Gasteiger charge is -2.14. The zero-order valence-electron chi connectivity index (χ0n) is 13.4. The molecule has 0 saturated carbocycles. The van der Waals surface area contributed by atoms with Crippen molar-refractivity contribution in [2.45, 2.75) is 19.0 Å². The number of pyridine rings is 2. The van der Waals surface area contributed by atoms with E-state index in [0.29, 0.717) is 6.42 Å². The van der Waals surface area contributed by atoms with Crippen LogP contribution in [0.15, 0.2) is 54.9 Å². The highest BCUT2D eigenvalue weighted by Gasteiger charge is 2.35. The molecule has 2 aromatic heterocycles. The number of hydrogen-bond acceptors (Lipinski definition) is 2. The van der Waals surface area contributed by atoms with Crippen LogP contribution in [-0.2, 0) is 19.0 Å². The molecule has 0 aliphatic carbocycles. The van der Waals surface area contributed by atoms with E-state index >= 15 is 0 Å². The maximum absolute atomic E-state index is 13.4. The molecule has 0 saturated heterocycles. The van der Waals surface area contributed by atoms with Crippen molar-refractivity contribution in [3.05, 3.63) is 83.3 Å². The van der Waals surface area contributed by atoms with Gasteiger partial charge in [0.15, 0.2) is 0 Å². The third-order valence-corrected chi connectivity index (χ3v) is 3.84. The van der Waals surface area contributed by atoms with Crippen LogP contribution in [-0.4, -0.2) is 9.97 Å². The number of aryl methyl sites for hydroxylation is 2. The molecule has 3 rings (SSSR count). The first-order chi connectivity index (χ1) is 12.3. The molecule has 134 valence electrons. The summed E-state index contributed by atoms with van der Waals surface area (Å²) in [5.41, 5.74) is -0.107. The zero-order valence-corrected chi connectivity index (χ0v) is 13.4. The predicted molar refractivity (Wildman–Crippen MR) is 86.2 cm³/mol. The molecule has 0 amide bonds. The second kappa shape index (κ2) is 7.19. The van der Waals surface area contributed by atoms with E-state index in [0.717, 1.165) is 17.8 Å². The highest BCUT2D eigenvalue weighted by Crippen LogP contribution is 2.33. The van der Waals surface area contributed by atoms with Crippen LogP contribution in [0.25, 0.3) is 11.3 Å². The van der Waals surface area contributed by atoms with Gasteiger partial charge in [0.2, 0.25) is 0 Å². The molecule has 7 heteroatoms. The molecule has 0 radical (unpaired) electrons. The van der Waals surface area contributed by atoms with Crippen molar-refractivity contribution in [3.8, 4) is 11.3 Å². The number of halogens is 5. The highest BCUT2D eigenvalue weighted by molar-refractivity contribution is 5.58. The fraction of sp³-hybridized carbons (Fsp3) is 0.158. The molecule has 0 aliphatic rings. The van der Waals surface area contributed by atoms with Gasteiger partial charge in [-0.15, -0.1) is 0 Å². The van der Waals surface area contributed by atoms with Crippen LogP contribution < -0.4 is 0 Å². The molecular weight excluding hydrogens is 351 g/mol. The van der Waals surface area contributed by atoms with Crippen LogP contribution in [0.5, 0.6) is 0 Å². The van der Waals surface area contributed by atoms with E-state index in [4.69, 9.17) is 0 Å². The lowest BCUT2D eigenvalue weighted by Crippen LogP contribution is -2.13. The lowest BCUT2D eigenvalue weighted by molar-refractivity contribution is -0.141. The Kier molecular flexibility index (Phi) is 4.97. The third-order valence-electron chi connectivity index (χ3n) is 3.84. The van der Waals surface area contributed by atoms with Crippen molar-refractivity contribution >= 4 is 0 Å². The summed E-state index contributed by atoms with van der Waals surface area (Å²) < 4.78 is 66.4. The average molecular weight is 364 g/mol. The zero-order chi connectivity index (χ0) is 18.7. The van der Waals surface area contributed by atoms with Gasteiger partial charge in [-0.2, -0.15) is 13.2 Å². The molecule has 3 aromatic rings. The number of alkyl halides is 3. The highest BCUT2D eigenvalue weighted by atomic mass is 19.4. The number of nitrogens with zero attached hydrogens (tertiary/aromatic N) is 2. The molecule has 1 aromatic carbocycles. The van der Waals surface area contributed by atoms with Crippen molar-refractivity contribution in [1.82, 2.24) is 9.97 Å². The van der Waals surface area contributed by atoms with E-state index in [9.17, 15) is 22.0 Å². The molecular formula is C19H13F5N2. The lowest BCUT2D eigenvalue weighted by atomic mass is 10.0. The third kappa shape index (κ3) is 4.22. The quantitative estimate of drug-likeness (QED) is 0.593. The first-order valence-corrected chi connectivity index (χ1v) is 7.75. The van der Waals surface area contributed by atoms with Crippen molar-refractivity contribution in [3.63, 3.8) is 0 Å². The van der Waals surface area contributed by atoms with Gasteiger partial charge < -0.3 is 0 Å². The maximum atomic E-state index is 13.4. The van der Waals surface area contributed by atoms with Gasteiger partial charge in [-0.3, -0.25) is 4.98 Å². The standard InChI is InChI=1S/C19H13F5N2/c20-15-6-2-12(3-7-15)1-4-13-5-8-17(26-18(13)19(22,23)24)14-9-16(21)11-25-10-14/h2-3,5-11H,1,4H2. The van der Waals surface area contributed by atoms with Gasteiger partial charge in [-0.1, -0.05) is 18.2 Å². The van der Waals surface area contributed by atoms with E-state index in [-0.39, 0.29) is 23.2 Å². The summed E-state index contributed by atoms with van der Waals surface area (Å²) in [5, 5.41) is 0. The SMILES string of the molecule is Fc1ccc(CCc2ccc(-c3cncc(F)c3)nc2C(F)(F)F)cc1. The number of benzene rings is 1. The van der Waals surface area contributed by atoms with Crippen LogP contribution in [0, 0.1) is 11.6 Å². The van der Waals surface area contributed by atoms with Gasteiger partial charge in [0, 0.05) is 11.8 Å². The van der Waals surface area contributed by atoms with E-state index in [1.807, 2.05) is 0 Å². The Labute approximate surface area is 146 Å². The normalized spacial score (nSPS) is 11.6. The van der Waals surface area contributed by atoms with Crippen molar-refractivity contribution < 1.29 is 22.0 Å². The largest absolute Gasteiger partial charge is 0.433 e. The van der Waals surface area contributed by atoms with Crippen LogP contribution in [0.3, 0.4) is 0 Å². The van der Waals surface area contributed by atoms with Crippen LogP contribution in [0.2, 0.25) is 0 Å². The molecule has 26 heavy (non-hydrogen) atoms. The minimum Gasteiger partial charge on any atom is -0.261 e. The van der Waals surface area contributed by atoms with Crippen molar-refractivity contribution in [1.29, 1.82) is 0 Å². The number of hydrogen-bond donors (Lipinski definition) is 0. The second-order valence-electron chi connectivity index (χ2n) is 5.72. The van der Waals surface area contributed by atoms with Crippen molar-refractivity contribution in [2.24, 2.45) is 0 Å².